The van der Waals surface area contributed by atoms with Crippen molar-refractivity contribution in [3.63, 3.8) is 0 Å². The predicted octanol–water partition coefficient (Wildman–Crippen LogP) is 7.17. The summed E-state index contributed by atoms with van der Waals surface area (Å²) in [5.41, 5.74) is 3.83. The van der Waals surface area contributed by atoms with Gasteiger partial charge in [-0.2, -0.15) is 0 Å². The van der Waals surface area contributed by atoms with Crippen LogP contribution in [0.3, 0.4) is 0 Å². The zero-order valence-corrected chi connectivity index (χ0v) is 26.5. The van der Waals surface area contributed by atoms with Crippen LogP contribution in [0, 0.1) is 33.6 Å². The van der Waals surface area contributed by atoms with Crippen molar-refractivity contribution in [2.24, 2.45) is 5.92 Å². The lowest BCUT2D eigenvalue weighted by Gasteiger charge is -2.43. The summed E-state index contributed by atoms with van der Waals surface area (Å²) in [7, 11) is 0. The molecule has 0 saturated carbocycles. The average Bonchev–Trinajstić information content (AvgIpc) is 2.77. The fraction of sp³-hybridized carbons (Fsp3) is 0.545. The third-order valence-corrected chi connectivity index (χ3v) is 6.61. The molecule has 7 nitrogen and oxygen atoms in total. The summed E-state index contributed by atoms with van der Waals surface area (Å²) in [4.78, 5) is 43.2. The van der Waals surface area contributed by atoms with Crippen molar-refractivity contribution in [3.05, 3.63) is 64.2 Å². The van der Waals surface area contributed by atoms with E-state index in [2.05, 4.69) is 10.6 Å². The standard InChI is InChI=1S/C33H49N3O4/c1-20(2)18-26(34-31(39)40-33(10,11)12)30(38)36(32(7,8)9)28(25-17-16-21(3)19-24(25)6)29(37)35-27-22(4)14-13-15-23(27)5/h13-17,19-20,26,28H,18H2,1-12H3,(H,34,39)(H,35,37). The van der Waals surface area contributed by atoms with E-state index in [1.54, 1.807) is 25.7 Å². The van der Waals surface area contributed by atoms with Gasteiger partial charge in [0.05, 0.1) is 0 Å². The minimum atomic E-state index is -0.942. The first-order valence-corrected chi connectivity index (χ1v) is 14.1. The molecule has 2 atom stereocenters. The number of ether oxygens (including phenoxy) is 1. The second-order valence-corrected chi connectivity index (χ2v) is 13.2. The Morgan fingerprint density at radius 2 is 1.45 bits per heavy atom. The Balaban J connectivity index is 2.68. The molecule has 7 heteroatoms. The van der Waals surface area contributed by atoms with Crippen molar-refractivity contribution in [3.8, 4) is 0 Å². The summed E-state index contributed by atoms with van der Waals surface area (Å²) in [5.74, 6) is -0.546. The van der Waals surface area contributed by atoms with Gasteiger partial charge in [0, 0.05) is 11.2 Å². The van der Waals surface area contributed by atoms with Gasteiger partial charge in [-0.3, -0.25) is 9.59 Å². The quantitative estimate of drug-likeness (QED) is 0.364. The molecule has 220 valence electrons. The summed E-state index contributed by atoms with van der Waals surface area (Å²) in [6.07, 6.45) is -0.272. The van der Waals surface area contributed by atoms with Gasteiger partial charge in [-0.25, -0.2) is 4.79 Å². The third kappa shape index (κ3) is 8.83. The van der Waals surface area contributed by atoms with Crippen LogP contribution in [0.2, 0.25) is 0 Å². The molecule has 0 bridgehead atoms. The first-order valence-electron chi connectivity index (χ1n) is 14.1. The first-order chi connectivity index (χ1) is 18.3. The molecule has 0 fully saturated rings. The van der Waals surface area contributed by atoms with Gasteiger partial charge in [-0.1, -0.05) is 55.8 Å². The van der Waals surface area contributed by atoms with Crippen molar-refractivity contribution in [1.29, 1.82) is 0 Å². The Morgan fingerprint density at radius 1 is 0.875 bits per heavy atom. The van der Waals surface area contributed by atoms with Crippen LogP contribution in [0.4, 0.5) is 10.5 Å². The van der Waals surface area contributed by atoms with Gasteiger partial charge < -0.3 is 20.3 Å². The average molecular weight is 552 g/mol. The fourth-order valence-electron chi connectivity index (χ4n) is 4.89. The number of benzene rings is 2. The van der Waals surface area contributed by atoms with Crippen LogP contribution in [0.1, 0.15) is 95.7 Å². The molecule has 0 aromatic heterocycles. The van der Waals surface area contributed by atoms with Crippen LogP contribution in [0.25, 0.3) is 0 Å². The Labute approximate surface area is 241 Å². The van der Waals surface area contributed by atoms with Crippen molar-refractivity contribution in [1.82, 2.24) is 10.2 Å². The molecule has 2 N–H and O–H groups in total. The van der Waals surface area contributed by atoms with Crippen molar-refractivity contribution >= 4 is 23.6 Å². The van der Waals surface area contributed by atoms with E-state index < -0.39 is 29.3 Å². The number of carbonyl (C=O) groups is 3. The number of amides is 3. The Bertz CT molecular complexity index is 1200. The van der Waals surface area contributed by atoms with Crippen LogP contribution in [-0.2, 0) is 14.3 Å². The number of anilines is 1. The van der Waals surface area contributed by atoms with Gasteiger partial charge in [0.1, 0.15) is 17.7 Å². The Morgan fingerprint density at radius 3 is 1.93 bits per heavy atom. The SMILES string of the molecule is Cc1ccc(C(C(=O)Nc2c(C)cccc2C)N(C(=O)C(CC(C)C)NC(=O)OC(C)(C)C)C(C)(C)C)c(C)c1. The molecule has 40 heavy (non-hydrogen) atoms. The minimum Gasteiger partial charge on any atom is -0.444 e. The molecule has 0 aliphatic carbocycles. The van der Waals surface area contributed by atoms with Crippen molar-refractivity contribution < 1.29 is 19.1 Å². The van der Waals surface area contributed by atoms with Crippen LogP contribution in [0.5, 0.6) is 0 Å². The summed E-state index contributed by atoms with van der Waals surface area (Å²) >= 11 is 0. The summed E-state index contributed by atoms with van der Waals surface area (Å²) < 4.78 is 5.50. The molecular formula is C33H49N3O4. The van der Waals surface area contributed by atoms with Crippen molar-refractivity contribution in [2.75, 3.05) is 5.32 Å². The highest BCUT2D eigenvalue weighted by molar-refractivity contribution is 6.00. The zero-order chi connectivity index (χ0) is 30.6. The normalized spacial score (nSPS) is 13.4. The van der Waals surface area contributed by atoms with Crippen LogP contribution < -0.4 is 10.6 Å². The second-order valence-electron chi connectivity index (χ2n) is 13.2. The lowest BCUT2D eigenvalue weighted by Crippen LogP contribution is -2.58. The maximum atomic E-state index is 14.5. The summed E-state index contributed by atoms with van der Waals surface area (Å²) in [6, 6.07) is 9.92. The molecular weight excluding hydrogens is 502 g/mol. The number of nitrogens with zero attached hydrogens (tertiary/aromatic N) is 1. The number of alkyl carbamates (subject to hydrolysis) is 1. The van der Waals surface area contributed by atoms with Crippen LogP contribution >= 0.6 is 0 Å². The molecule has 0 heterocycles. The number of hydrogen-bond acceptors (Lipinski definition) is 4. The van der Waals surface area contributed by atoms with Crippen molar-refractivity contribution in [2.45, 2.75) is 113 Å². The molecule has 0 saturated heterocycles. The Kier molecular flexibility index (Phi) is 10.6. The minimum absolute atomic E-state index is 0.105. The van der Waals surface area contributed by atoms with E-state index in [-0.39, 0.29) is 17.7 Å². The molecule has 2 unspecified atom stereocenters. The highest BCUT2D eigenvalue weighted by atomic mass is 16.6. The number of rotatable bonds is 8. The van der Waals surface area contributed by atoms with Gasteiger partial charge in [-0.15, -0.1) is 0 Å². The van der Waals surface area contributed by atoms with Gasteiger partial charge in [-0.05, 0) is 104 Å². The van der Waals surface area contributed by atoms with Gasteiger partial charge >= 0.3 is 6.09 Å². The van der Waals surface area contributed by atoms with Gasteiger partial charge in [0.15, 0.2) is 0 Å². The summed E-state index contributed by atoms with van der Waals surface area (Å²) in [6.45, 7) is 22.9. The lowest BCUT2D eigenvalue weighted by atomic mass is 9.91. The largest absolute Gasteiger partial charge is 0.444 e. The lowest BCUT2D eigenvalue weighted by molar-refractivity contribution is -0.147. The first kappa shape index (κ1) is 32.9. The maximum absolute atomic E-state index is 14.5. The molecule has 3 amide bonds. The molecule has 2 aromatic carbocycles. The van der Waals surface area contributed by atoms with E-state index in [9.17, 15) is 14.4 Å². The number of para-hydroxylation sites is 1. The van der Waals surface area contributed by atoms with Gasteiger partial charge in [0.25, 0.3) is 5.91 Å². The third-order valence-electron chi connectivity index (χ3n) is 6.61. The number of carbonyl (C=O) groups excluding carboxylic acids is 3. The topological polar surface area (TPSA) is 87.7 Å². The monoisotopic (exact) mass is 551 g/mol. The van der Waals surface area contributed by atoms with Crippen LogP contribution in [-0.4, -0.2) is 40.0 Å². The molecule has 0 radical (unpaired) electrons. The maximum Gasteiger partial charge on any atom is 0.408 e. The highest BCUT2D eigenvalue weighted by Crippen LogP contribution is 2.34. The number of hydrogen-bond donors (Lipinski definition) is 2. The molecule has 2 rings (SSSR count). The second kappa shape index (κ2) is 12.9. The van der Waals surface area contributed by atoms with E-state index in [4.69, 9.17) is 4.74 Å². The number of nitrogens with one attached hydrogen (secondary N) is 2. The predicted molar refractivity (Wildman–Crippen MR) is 162 cm³/mol. The smallest absolute Gasteiger partial charge is 0.408 e. The number of aryl methyl sites for hydroxylation is 4. The van der Waals surface area contributed by atoms with E-state index in [0.29, 0.717) is 6.42 Å². The zero-order valence-electron chi connectivity index (χ0n) is 26.5. The van der Waals surface area contributed by atoms with E-state index in [0.717, 1.165) is 33.5 Å². The van der Waals surface area contributed by atoms with Gasteiger partial charge in [0.2, 0.25) is 5.91 Å². The molecule has 0 aliphatic heterocycles. The molecule has 0 aliphatic rings. The van der Waals surface area contributed by atoms with E-state index >= 15 is 0 Å². The highest BCUT2D eigenvalue weighted by Gasteiger charge is 2.42. The summed E-state index contributed by atoms with van der Waals surface area (Å²) in [5, 5.41) is 5.94. The fourth-order valence-corrected chi connectivity index (χ4v) is 4.89. The molecule has 0 spiro atoms. The van der Waals surface area contributed by atoms with E-state index in [1.807, 2.05) is 98.7 Å². The molecule has 2 aromatic rings. The van der Waals surface area contributed by atoms with E-state index in [1.165, 1.54) is 0 Å². The Hall–Kier alpha value is -3.35. The van der Waals surface area contributed by atoms with Crippen LogP contribution in [0.15, 0.2) is 36.4 Å².